The van der Waals surface area contributed by atoms with E-state index in [9.17, 15) is 4.79 Å². The number of rotatable bonds is 1. The third-order valence-corrected chi connectivity index (χ3v) is 4.17. The van der Waals surface area contributed by atoms with E-state index in [0.29, 0.717) is 0 Å². The normalized spacial score (nSPS) is 62.2. The summed E-state index contributed by atoms with van der Waals surface area (Å²) in [4.78, 5) is 10.8. The number of hydrogen-bond acceptors (Lipinski definition) is 1. The molecule has 0 amide bonds. The Labute approximate surface area is 60.8 Å². The van der Waals surface area contributed by atoms with Crippen molar-refractivity contribution in [1.82, 2.24) is 0 Å². The van der Waals surface area contributed by atoms with Gasteiger partial charge in [-0.15, -0.1) is 0 Å². The lowest BCUT2D eigenvalue weighted by Crippen LogP contribution is -2.20. The second kappa shape index (κ2) is 1.32. The summed E-state index contributed by atoms with van der Waals surface area (Å²) in [5.41, 5.74) is 0.204. The average Bonchev–Trinajstić information content (AvgIpc) is 2.53. The Balaban J connectivity index is 2.11. The van der Waals surface area contributed by atoms with Crippen LogP contribution >= 0.6 is 0 Å². The van der Waals surface area contributed by atoms with Crippen molar-refractivity contribution >= 4 is 6.29 Å². The lowest BCUT2D eigenvalue weighted by Gasteiger charge is -2.20. The monoisotopic (exact) mass is 136 g/mol. The van der Waals surface area contributed by atoms with Gasteiger partial charge in [-0.2, -0.15) is 0 Å². The summed E-state index contributed by atoms with van der Waals surface area (Å²) in [5, 5.41) is 0. The highest BCUT2D eigenvalue weighted by atomic mass is 16.1. The van der Waals surface area contributed by atoms with Crippen LogP contribution in [0.5, 0.6) is 0 Å². The molecule has 1 heteroatoms. The van der Waals surface area contributed by atoms with Crippen molar-refractivity contribution in [3.63, 3.8) is 0 Å². The van der Waals surface area contributed by atoms with Crippen LogP contribution in [0.2, 0.25) is 0 Å². The van der Waals surface area contributed by atoms with Crippen LogP contribution in [0.1, 0.15) is 25.7 Å². The van der Waals surface area contributed by atoms with Crippen LogP contribution in [0.15, 0.2) is 0 Å². The fourth-order valence-electron chi connectivity index (χ4n) is 3.77. The standard InChI is InChI=1S/C9H12O/c10-5-9-3-6-1-8(9)2-7(6)4-9/h5-8H,1-4H2. The molecule has 0 radical (unpaired) electrons. The van der Waals surface area contributed by atoms with Gasteiger partial charge in [0.25, 0.3) is 0 Å². The smallest absolute Gasteiger partial charge is 0.126 e. The van der Waals surface area contributed by atoms with Crippen molar-refractivity contribution in [1.29, 1.82) is 0 Å². The van der Waals surface area contributed by atoms with Crippen LogP contribution < -0.4 is 0 Å². The van der Waals surface area contributed by atoms with Gasteiger partial charge in [0.1, 0.15) is 6.29 Å². The number of carbonyl (C=O) groups is 1. The maximum atomic E-state index is 10.8. The first-order valence-corrected chi connectivity index (χ1v) is 4.30. The first-order chi connectivity index (χ1) is 4.84. The minimum Gasteiger partial charge on any atom is -0.303 e. The van der Waals surface area contributed by atoms with E-state index in [1.165, 1.54) is 32.0 Å². The second-order valence-electron chi connectivity index (χ2n) is 4.45. The van der Waals surface area contributed by atoms with E-state index in [1.807, 2.05) is 0 Å². The molecule has 4 aliphatic rings. The first kappa shape index (κ1) is 5.34. The molecular formula is C9H12O. The van der Waals surface area contributed by atoms with Crippen LogP contribution in [0.25, 0.3) is 0 Å². The van der Waals surface area contributed by atoms with E-state index in [2.05, 4.69) is 0 Å². The van der Waals surface area contributed by atoms with Gasteiger partial charge in [-0.3, -0.25) is 0 Å². The molecule has 0 aromatic heterocycles. The van der Waals surface area contributed by atoms with Gasteiger partial charge in [0.15, 0.2) is 0 Å². The largest absolute Gasteiger partial charge is 0.303 e. The van der Waals surface area contributed by atoms with E-state index < -0.39 is 0 Å². The molecule has 0 aliphatic heterocycles. The van der Waals surface area contributed by atoms with Crippen molar-refractivity contribution < 1.29 is 4.79 Å². The molecule has 2 atom stereocenters. The molecule has 0 aromatic carbocycles. The summed E-state index contributed by atoms with van der Waals surface area (Å²) < 4.78 is 0. The van der Waals surface area contributed by atoms with E-state index in [1.54, 1.807) is 0 Å². The Kier molecular flexibility index (Phi) is 0.704. The molecule has 0 saturated heterocycles. The maximum absolute atomic E-state index is 10.8. The zero-order chi connectivity index (χ0) is 6.77. The minimum absolute atomic E-state index is 0.204. The molecule has 0 spiro atoms. The summed E-state index contributed by atoms with van der Waals surface area (Å²) >= 11 is 0. The molecule has 4 fully saturated rings. The quantitative estimate of drug-likeness (QED) is 0.501. The molecule has 10 heavy (non-hydrogen) atoms. The van der Waals surface area contributed by atoms with E-state index >= 15 is 0 Å². The Morgan fingerprint density at radius 2 is 1.80 bits per heavy atom. The fraction of sp³-hybridized carbons (Fsp3) is 0.889. The molecule has 4 aliphatic carbocycles. The molecular weight excluding hydrogens is 124 g/mol. The Hall–Kier alpha value is -0.330. The van der Waals surface area contributed by atoms with Gasteiger partial charge in [-0.1, -0.05) is 0 Å². The summed E-state index contributed by atoms with van der Waals surface area (Å²) in [5.74, 6) is 2.71. The maximum Gasteiger partial charge on any atom is 0.126 e. The van der Waals surface area contributed by atoms with Crippen LogP contribution in [-0.4, -0.2) is 6.29 Å². The molecule has 2 unspecified atom stereocenters. The highest BCUT2D eigenvalue weighted by molar-refractivity contribution is 5.63. The number of carbonyl (C=O) groups excluding carboxylic acids is 1. The van der Waals surface area contributed by atoms with Gasteiger partial charge in [0.05, 0.1) is 0 Å². The Bertz CT molecular complexity index is 183. The van der Waals surface area contributed by atoms with Gasteiger partial charge in [0, 0.05) is 5.41 Å². The first-order valence-electron chi connectivity index (χ1n) is 4.30. The topological polar surface area (TPSA) is 17.1 Å². The second-order valence-corrected chi connectivity index (χ2v) is 4.45. The van der Waals surface area contributed by atoms with Crippen LogP contribution in [0, 0.1) is 23.2 Å². The SMILES string of the molecule is O=CC12CC3CC1CC3C2. The van der Waals surface area contributed by atoms with Gasteiger partial charge in [-0.05, 0) is 43.4 Å². The van der Waals surface area contributed by atoms with Crippen LogP contribution in [0.3, 0.4) is 0 Å². The summed E-state index contributed by atoms with van der Waals surface area (Å²) in [6, 6.07) is 0. The Morgan fingerprint density at radius 1 is 1.20 bits per heavy atom. The molecule has 1 nitrogen and oxygen atoms in total. The predicted molar refractivity (Wildman–Crippen MR) is 37.4 cm³/mol. The van der Waals surface area contributed by atoms with Crippen molar-refractivity contribution in [2.24, 2.45) is 23.2 Å². The number of aldehydes is 1. The van der Waals surface area contributed by atoms with Crippen molar-refractivity contribution in [2.45, 2.75) is 25.7 Å². The third kappa shape index (κ3) is 0.363. The summed E-state index contributed by atoms with van der Waals surface area (Å²) in [7, 11) is 0. The van der Waals surface area contributed by atoms with E-state index in [0.717, 1.165) is 17.8 Å². The predicted octanol–water partition coefficient (Wildman–Crippen LogP) is 1.62. The molecule has 4 saturated carbocycles. The van der Waals surface area contributed by atoms with Crippen molar-refractivity contribution in [2.75, 3.05) is 0 Å². The minimum atomic E-state index is 0.204. The third-order valence-electron chi connectivity index (χ3n) is 4.17. The highest BCUT2D eigenvalue weighted by Crippen LogP contribution is 2.68. The lowest BCUT2D eigenvalue weighted by molar-refractivity contribution is -0.116. The summed E-state index contributed by atoms with van der Waals surface area (Å²) in [6.45, 7) is 0. The molecule has 54 valence electrons. The zero-order valence-electron chi connectivity index (χ0n) is 6.05. The molecule has 0 aromatic rings. The average molecular weight is 136 g/mol. The number of hydrogen-bond donors (Lipinski definition) is 0. The highest BCUT2D eigenvalue weighted by Gasteiger charge is 2.62. The van der Waals surface area contributed by atoms with Crippen LogP contribution in [-0.2, 0) is 4.79 Å². The van der Waals surface area contributed by atoms with Crippen LogP contribution in [0.4, 0.5) is 0 Å². The lowest BCUT2D eigenvalue weighted by atomic mass is 9.83. The Morgan fingerprint density at radius 3 is 2.00 bits per heavy atom. The molecule has 0 N–H and O–H groups in total. The van der Waals surface area contributed by atoms with E-state index in [4.69, 9.17) is 0 Å². The van der Waals surface area contributed by atoms with E-state index in [-0.39, 0.29) is 5.41 Å². The van der Waals surface area contributed by atoms with Crippen molar-refractivity contribution in [3.8, 4) is 0 Å². The molecule has 0 heterocycles. The van der Waals surface area contributed by atoms with Gasteiger partial charge in [0.2, 0.25) is 0 Å². The fourth-order valence-corrected chi connectivity index (χ4v) is 3.77. The van der Waals surface area contributed by atoms with Gasteiger partial charge in [-0.25, -0.2) is 0 Å². The van der Waals surface area contributed by atoms with Gasteiger partial charge >= 0.3 is 0 Å². The molecule has 4 bridgehead atoms. The van der Waals surface area contributed by atoms with Crippen molar-refractivity contribution in [3.05, 3.63) is 0 Å². The zero-order valence-corrected chi connectivity index (χ0v) is 6.05. The summed E-state index contributed by atoms with van der Waals surface area (Å²) in [6.07, 6.45) is 6.51. The van der Waals surface area contributed by atoms with Gasteiger partial charge < -0.3 is 4.79 Å². The molecule has 4 rings (SSSR count).